The number of carbonyl (C=O) groups excluding carboxylic acids is 1. The van der Waals surface area contributed by atoms with E-state index in [0.29, 0.717) is 5.56 Å². The molecule has 0 radical (unpaired) electrons. The van der Waals surface area contributed by atoms with Crippen LogP contribution in [0.25, 0.3) is 11.5 Å². The third kappa shape index (κ3) is 3.94. The van der Waals surface area contributed by atoms with Crippen LogP contribution in [0.2, 0.25) is 10.2 Å². The van der Waals surface area contributed by atoms with E-state index in [-0.39, 0.29) is 33.3 Å². The lowest BCUT2D eigenvalue weighted by Crippen LogP contribution is -2.10. The van der Waals surface area contributed by atoms with Crippen LogP contribution in [0.1, 0.15) is 29.3 Å². The van der Waals surface area contributed by atoms with Gasteiger partial charge in [0.2, 0.25) is 5.89 Å². The lowest BCUT2D eigenvalue weighted by Gasteiger charge is -2.09. The van der Waals surface area contributed by atoms with Crippen LogP contribution in [-0.2, 0) is 4.74 Å². The molecular weight excluding hydrogens is 372 g/mol. The van der Waals surface area contributed by atoms with Crippen LogP contribution in [0.3, 0.4) is 0 Å². The quantitative estimate of drug-likeness (QED) is 0.489. The molecule has 2 aromatic heterocycles. The summed E-state index contributed by atoms with van der Waals surface area (Å²) in [5.74, 6) is -0.754. The van der Waals surface area contributed by atoms with Crippen molar-refractivity contribution in [2.75, 3.05) is 0 Å². The molecule has 3 aromatic rings. The Hall–Kier alpha value is -2.51. The number of rotatable bonds is 4. The van der Waals surface area contributed by atoms with Crippen LogP contribution < -0.4 is 0 Å². The predicted octanol–water partition coefficient (Wildman–Crippen LogP) is 4.50. The molecule has 0 N–H and O–H groups in total. The zero-order chi connectivity index (χ0) is 18.0. The second-order valence-corrected chi connectivity index (χ2v) is 5.76. The summed E-state index contributed by atoms with van der Waals surface area (Å²) in [5, 5.41) is 7.93. The Balaban J connectivity index is 1.73. The Kier molecular flexibility index (Phi) is 4.96. The highest BCUT2D eigenvalue weighted by Gasteiger charge is 2.20. The molecule has 0 fully saturated rings. The standard InChI is InChI=1S/C16H10Cl2FN3O3/c1-8(24-16(23)10-6-12(17)13(18)20-7-10)14-21-22-15(25-14)9-2-4-11(19)5-3-9/h2-8H,1H3/t8-/m0/s1. The summed E-state index contributed by atoms with van der Waals surface area (Å²) in [4.78, 5) is 15.9. The molecule has 2 heterocycles. The molecule has 9 heteroatoms. The number of esters is 1. The van der Waals surface area contributed by atoms with Gasteiger partial charge in [-0.05, 0) is 37.3 Å². The van der Waals surface area contributed by atoms with Crippen molar-refractivity contribution in [3.8, 4) is 11.5 Å². The second kappa shape index (κ2) is 7.16. The third-order valence-electron chi connectivity index (χ3n) is 3.20. The van der Waals surface area contributed by atoms with E-state index >= 15 is 0 Å². The first-order valence-corrected chi connectivity index (χ1v) is 7.81. The summed E-state index contributed by atoms with van der Waals surface area (Å²) in [6, 6.07) is 6.92. The van der Waals surface area contributed by atoms with Crippen molar-refractivity contribution in [3.63, 3.8) is 0 Å². The number of aromatic nitrogens is 3. The van der Waals surface area contributed by atoms with E-state index < -0.39 is 12.1 Å². The van der Waals surface area contributed by atoms with E-state index in [1.807, 2.05) is 0 Å². The van der Waals surface area contributed by atoms with Gasteiger partial charge in [0.05, 0.1) is 10.6 Å². The lowest BCUT2D eigenvalue weighted by atomic mass is 10.2. The summed E-state index contributed by atoms with van der Waals surface area (Å²) in [7, 11) is 0. The van der Waals surface area contributed by atoms with Gasteiger partial charge in [-0.2, -0.15) is 0 Å². The van der Waals surface area contributed by atoms with Gasteiger partial charge in [0.15, 0.2) is 6.10 Å². The summed E-state index contributed by atoms with van der Waals surface area (Å²) < 4.78 is 23.7. The molecule has 25 heavy (non-hydrogen) atoms. The highest BCUT2D eigenvalue weighted by Crippen LogP contribution is 2.24. The van der Waals surface area contributed by atoms with Crippen molar-refractivity contribution in [1.82, 2.24) is 15.2 Å². The minimum Gasteiger partial charge on any atom is -0.449 e. The van der Waals surface area contributed by atoms with E-state index in [0.717, 1.165) is 0 Å². The molecule has 1 aromatic carbocycles. The third-order valence-corrected chi connectivity index (χ3v) is 3.88. The van der Waals surface area contributed by atoms with Crippen LogP contribution in [0.5, 0.6) is 0 Å². The van der Waals surface area contributed by atoms with Crippen LogP contribution in [-0.4, -0.2) is 21.2 Å². The van der Waals surface area contributed by atoms with Crippen LogP contribution in [0, 0.1) is 5.82 Å². The first-order chi connectivity index (χ1) is 11.9. The van der Waals surface area contributed by atoms with Gasteiger partial charge in [-0.1, -0.05) is 23.2 Å². The smallest absolute Gasteiger partial charge is 0.340 e. The molecule has 0 bridgehead atoms. The number of ether oxygens (including phenoxy) is 1. The Morgan fingerprint density at radius 1 is 1.24 bits per heavy atom. The maximum absolute atomic E-state index is 12.9. The fraction of sp³-hybridized carbons (Fsp3) is 0.125. The summed E-state index contributed by atoms with van der Waals surface area (Å²) in [6.45, 7) is 1.57. The lowest BCUT2D eigenvalue weighted by molar-refractivity contribution is 0.0279. The Bertz CT molecular complexity index is 915. The molecule has 6 nitrogen and oxygen atoms in total. The van der Waals surface area contributed by atoms with Gasteiger partial charge in [0.1, 0.15) is 11.0 Å². The monoisotopic (exact) mass is 381 g/mol. The van der Waals surface area contributed by atoms with Gasteiger partial charge in [-0.3, -0.25) is 0 Å². The minimum absolute atomic E-state index is 0.0899. The topological polar surface area (TPSA) is 78.1 Å². The molecular formula is C16H10Cl2FN3O3. The SMILES string of the molecule is C[C@H](OC(=O)c1cnc(Cl)c(Cl)c1)c1nnc(-c2ccc(F)cc2)o1. The summed E-state index contributed by atoms with van der Waals surface area (Å²) in [6.07, 6.45) is 0.449. The molecule has 0 unspecified atom stereocenters. The van der Waals surface area contributed by atoms with E-state index in [9.17, 15) is 9.18 Å². The minimum atomic E-state index is -0.802. The second-order valence-electron chi connectivity index (χ2n) is 5.00. The number of benzene rings is 1. The molecule has 0 saturated carbocycles. The van der Waals surface area contributed by atoms with E-state index in [4.69, 9.17) is 32.4 Å². The van der Waals surface area contributed by atoms with Crippen molar-refractivity contribution < 1.29 is 18.3 Å². The normalized spacial score (nSPS) is 12.0. The number of halogens is 3. The molecule has 0 aliphatic heterocycles. The number of hydrogen-bond donors (Lipinski definition) is 0. The summed E-state index contributed by atoms with van der Waals surface area (Å²) >= 11 is 11.5. The van der Waals surface area contributed by atoms with Gasteiger partial charge in [0.25, 0.3) is 5.89 Å². The average molecular weight is 382 g/mol. The van der Waals surface area contributed by atoms with Crippen molar-refractivity contribution in [3.05, 3.63) is 64.0 Å². The predicted molar refractivity (Wildman–Crippen MR) is 87.8 cm³/mol. The van der Waals surface area contributed by atoms with Crippen molar-refractivity contribution in [2.45, 2.75) is 13.0 Å². The van der Waals surface area contributed by atoms with Crippen LogP contribution >= 0.6 is 23.2 Å². The number of carbonyl (C=O) groups is 1. The fourth-order valence-corrected chi connectivity index (χ4v) is 2.19. The summed E-state index contributed by atoms with van der Waals surface area (Å²) in [5.41, 5.74) is 0.687. The zero-order valence-corrected chi connectivity index (χ0v) is 14.3. The van der Waals surface area contributed by atoms with E-state index in [1.165, 1.54) is 36.5 Å². The van der Waals surface area contributed by atoms with Crippen LogP contribution in [0.15, 0.2) is 40.9 Å². The molecule has 0 amide bonds. The highest BCUT2D eigenvalue weighted by molar-refractivity contribution is 6.41. The highest BCUT2D eigenvalue weighted by atomic mass is 35.5. The molecule has 0 aliphatic carbocycles. The number of hydrogen-bond acceptors (Lipinski definition) is 6. The Morgan fingerprint density at radius 3 is 2.64 bits per heavy atom. The Morgan fingerprint density at radius 2 is 1.96 bits per heavy atom. The van der Waals surface area contributed by atoms with E-state index in [2.05, 4.69) is 15.2 Å². The molecule has 128 valence electrons. The average Bonchev–Trinajstić information content (AvgIpc) is 3.08. The maximum atomic E-state index is 12.9. The first-order valence-electron chi connectivity index (χ1n) is 7.05. The van der Waals surface area contributed by atoms with Gasteiger partial charge in [0, 0.05) is 11.8 Å². The number of pyridine rings is 1. The molecule has 0 aliphatic rings. The fourth-order valence-electron chi connectivity index (χ4n) is 1.92. The molecule has 3 rings (SSSR count). The Labute approximate surface area is 151 Å². The first kappa shape index (κ1) is 17.3. The van der Waals surface area contributed by atoms with Crippen molar-refractivity contribution in [1.29, 1.82) is 0 Å². The van der Waals surface area contributed by atoms with Gasteiger partial charge < -0.3 is 9.15 Å². The zero-order valence-electron chi connectivity index (χ0n) is 12.7. The molecule has 0 spiro atoms. The maximum Gasteiger partial charge on any atom is 0.340 e. The van der Waals surface area contributed by atoms with Gasteiger partial charge in [-0.15, -0.1) is 10.2 Å². The largest absolute Gasteiger partial charge is 0.449 e. The van der Waals surface area contributed by atoms with Crippen LogP contribution in [0.4, 0.5) is 4.39 Å². The van der Waals surface area contributed by atoms with Gasteiger partial charge in [-0.25, -0.2) is 14.2 Å². The van der Waals surface area contributed by atoms with E-state index in [1.54, 1.807) is 6.92 Å². The molecule has 0 saturated heterocycles. The van der Waals surface area contributed by atoms with Crippen molar-refractivity contribution >= 4 is 29.2 Å². The van der Waals surface area contributed by atoms with Gasteiger partial charge >= 0.3 is 5.97 Å². The van der Waals surface area contributed by atoms with Crippen molar-refractivity contribution in [2.24, 2.45) is 0 Å². The number of nitrogens with zero attached hydrogens (tertiary/aromatic N) is 3. The molecule has 1 atom stereocenters.